The van der Waals surface area contributed by atoms with Gasteiger partial charge in [0.2, 0.25) is 5.28 Å². The van der Waals surface area contributed by atoms with Crippen LogP contribution in [0.5, 0.6) is 0 Å². The van der Waals surface area contributed by atoms with Crippen LogP contribution in [0.3, 0.4) is 0 Å². The number of hydrogen-bond donors (Lipinski definition) is 0. The average Bonchev–Trinajstić information content (AvgIpc) is 2.90. The second-order valence-corrected chi connectivity index (χ2v) is 5.07. The van der Waals surface area contributed by atoms with Crippen molar-refractivity contribution in [2.75, 3.05) is 11.9 Å². The summed E-state index contributed by atoms with van der Waals surface area (Å²) in [6, 6.07) is 4.33. The number of halogens is 1. The number of rotatable bonds is 2. The monoisotopic (exact) mass is 262 g/mol. The van der Waals surface area contributed by atoms with Gasteiger partial charge in [0.15, 0.2) is 5.82 Å². The van der Waals surface area contributed by atoms with E-state index in [0.717, 1.165) is 16.9 Å². The van der Waals surface area contributed by atoms with Crippen molar-refractivity contribution in [2.24, 2.45) is 0 Å². The van der Waals surface area contributed by atoms with Crippen LogP contribution in [0.25, 0.3) is 11.0 Å². The molecule has 0 aromatic carbocycles. The molecule has 0 aliphatic heterocycles. The zero-order chi connectivity index (χ0) is 12.5. The molecule has 0 saturated heterocycles. The van der Waals surface area contributed by atoms with E-state index in [0.29, 0.717) is 6.04 Å². The molecule has 1 saturated carbocycles. The lowest BCUT2D eigenvalue weighted by molar-refractivity contribution is 0.647. The molecule has 2 heterocycles. The zero-order valence-corrected chi connectivity index (χ0v) is 11.1. The molecule has 0 amide bonds. The summed E-state index contributed by atoms with van der Waals surface area (Å²) >= 11 is 6.00. The predicted molar refractivity (Wildman–Crippen MR) is 73.0 cm³/mol. The first-order valence-electron chi connectivity index (χ1n) is 6.27. The molecular weight excluding hydrogens is 248 g/mol. The van der Waals surface area contributed by atoms with Gasteiger partial charge in [-0.3, -0.25) is 4.98 Å². The van der Waals surface area contributed by atoms with Crippen molar-refractivity contribution in [2.45, 2.75) is 31.7 Å². The molecule has 1 aliphatic rings. The van der Waals surface area contributed by atoms with E-state index >= 15 is 0 Å². The molecule has 0 unspecified atom stereocenters. The van der Waals surface area contributed by atoms with Gasteiger partial charge in [-0.05, 0) is 36.6 Å². The third kappa shape index (κ3) is 2.01. The van der Waals surface area contributed by atoms with Crippen LogP contribution < -0.4 is 4.90 Å². The van der Waals surface area contributed by atoms with Crippen molar-refractivity contribution in [1.82, 2.24) is 15.0 Å². The minimum Gasteiger partial charge on any atom is -0.355 e. The van der Waals surface area contributed by atoms with Gasteiger partial charge in [0.1, 0.15) is 5.52 Å². The Bertz CT molecular complexity index is 566. The van der Waals surface area contributed by atoms with E-state index in [9.17, 15) is 0 Å². The number of anilines is 1. The van der Waals surface area contributed by atoms with Crippen LogP contribution >= 0.6 is 11.6 Å². The van der Waals surface area contributed by atoms with E-state index in [-0.39, 0.29) is 5.28 Å². The van der Waals surface area contributed by atoms with E-state index in [4.69, 9.17) is 11.6 Å². The van der Waals surface area contributed by atoms with Crippen LogP contribution in [-0.2, 0) is 0 Å². The molecule has 2 aromatic rings. The molecule has 18 heavy (non-hydrogen) atoms. The minimum atomic E-state index is 0.287. The molecule has 0 atom stereocenters. The normalized spacial score (nSPS) is 16.3. The lowest BCUT2D eigenvalue weighted by Gasteiger charge is -2.25. The molecule has 3 rings (SSSR count). The highest BCUT2D eigenvalue weighted by Crippen LogP contribution is 2.29. The van der Waals surface area contributed by atoms with Crippen LogP contribution in [0, 0.1) is 0 Å². The summed E-state index contributed by atoms with van der Waals surface area (Å²) in [6.07, 6.45) is 6.78. The zero-order valence-electron chi connectivity index (χ0n) is 10.3. The molecular formula is C13H15ClN4. The fraction of sp³-hybridized carbons (Fsp3) is 0.462. The van der Waals surface area contributed by atoms with Gasteiger partial charge in [-0.1, -0.05) is 12.8 Å². The predicted octanol–water partition coefficient (Wildman–Crippen LogP) is 3.06. The Morgan fingerprint density at radius 3 is 2.83 bits per heavy atom. The standard InChI is InChI=1S/C13H15ClN4/c1-18(9-5-2-3-6-9)12-11-10(7-4-8-15-11)16-13(14)17-12/h4,7-9H,2-3,5-6H2,1H3. The minimum absolute atomic E-state index is 0.287. The Morgan fingerprint density at radius 1 is 1.28 bits per heavy atom. The van der Waals surface area contributed by atoms with Crippen LogP contribution in [0.1, 0.15) is 25.7 Å². The Kier molecular flexibility index (Phi) is 3.04. The summed E-state index contributed by atoms with van der Waals surface area (Å²) in [5.41, 5.74) is 1.63. The lowest BCUT2D eigenvalue weighted by atomic mass is 10.2. The molecule has 2 aromatic heterocycles. The van der Waals surface area contributed by atoms with Gasteiger partial charge >= 0.3 is 0 Å². The van der Waals surface area contributed by atoms with Crippen molar-refractivity contribution in [1.29, 1.82) is 0 Å². The maximum atomic E-state index is 6.00. The third-order valence-electron chi connectivity index (χ3n) is 3.62. The SMILES string of the molecule is CN(c1nc(Cl)nc2cccnc12)C1CCCC1. The molecule has 0 radical (unpaired) electrons. The largest absolute Gasteiger partial charge is 0.355 e. The van der Waals surface area contributed by atoms with Crippen LogP contribution in [0.4, 0.5) is 5.82 Å². The molecule has 94 valence electrons. The Balaban J connectivity index is 2.09. The van der Waals surface area contributed by atoms with Gasteiger partial charge in [0, 0.05) is 19.3 Å². The summed E-state index contributed by atoms with van der Waals surface area (Å²) in [4.78, 5) is 15.2. The summed E-state index contributed by atoms with van der Waals surface area (Å²) in [5, 5.41) is 0.287. The maximum absolute atomic E-state index is 6.00. The van der Waals surface area contributed by atoms with Crippen molar-refractivity contribution < 1.29 is 0 Å². The lowest BCUT2D eigenvalue weighted by Crippen LogP contribution is -2.30. The second-order valence-electron chi connectivity index (χ2n) is 4.74. The fourth-order valence-corrected chi connectivity index (χ4v) is 2.81. The first-order valence-corrected chi connectivity index (χ1v) is 6.64. The van der Waals surface area contributed by atoms with E-state index < -0.39 is 0 Å². The summed E-state index contributed by atoms with van der Waals surface area (Å²) in [6.45, 7) is 0. The average molecular weight is 263 g/mol. The number of nitrogens with zero attached hydrogens (tertiary/aromatic N) is 4. The van der Waals surface area contributed by atoms with Gasteiger partial charge in [-0.25, -0.2) is 4.98 Å². The van der Waals surface area contributed by atoms with Crippen LogP contribution in [0.2, 0.25) is 5.28 Å². The van der Waals surface area contributed by atoms with Crippen molar-refractivity contribution >= 4 is 28.5 Å². The van der Waals surface area contributed by atoms with Gasteiger partial charge < -0.3 is 4.90 Å². The van der Waals surface area contributed by atoms with E-state index in [1.807, 2.05) is 12.1 Å². The maximum Gasteiger partial charge on any atom is 0.225 e. The van der Waals surface area contributed by atoms with Gasteiger partial charge in [0.05, 0.1) is 5.52 Å². The molecule has 0 spiro atoms. The van der Waals surface area contributed by atoms with Crippen LogP contribution in [-0.4, -0.2) is 28.0 Å². The second kappa shape index (κ2) is 4.69. The Labute approximate surface area is 111 Å². The quantitative estimate of drug-likeness (QED) is 0.780. The highest BCUT2D eigenvalue weighted by Gasteiger charge is 2.23. The summed E-state index contributed by atoms with van der Waals surface area (Å²) in [5.74, 6) is 0.845. The van der Waals surface area contributed by atoms with Gasteiger partial charge in [0.25, 0.3) is 0 Å². The fourth-order valence-electron chi connectivity index (χ4n) is 2.63. The van der Waals surface area contributed by atoms with E-state index in [2.05, 4.69) is 26.9 Å². The number of pyridine rings is 1. The number of hydrogen-bond acceptors (Lipinski definition) is 4. The van der Waals surface area contributed by atoms with Gasteiger partial charge in [-0.15, -0.1) is 0 Å². The Morgan fingerprint density at radius 2 is 2.06 bits per heavy atom. The summed E-state index contributed by atoms with van der Waals surface area (Å²) in [7, 11) is 2.07. The topological polar surface area (TPSA) is 41.9 Å². The third-order valence-corrected chi connectivity index (χ3v) is 3.78. The van der Waals surface area contributed by atoms with Crippen molar-refractivity contribution in [3.05, 3.63) is 23.6 Å². The highest BCUT2D eigenvalue weighted by molar-refractivity contribution is 6.28. The van der Waals surface area contributed by atoms with E-state index in [1.165, 1.54) is 25.7 Å². The first kappa shape index (κ1) is 11.7. The van der Waals surface area contributed by atoms with Crippen molar-refractivity contribution in [3.63, 3.8) is 0 Å². The molecule has 5 heteroatoms. The number of fused-ring (bicyclic) bond motifs is 1. The van der Waals surface area contributed by atoms with Crippen molar-refractivity contribution in [3.8, 4) is 0 Å². The smallest absolute Gasteiger partial charge is 0.225 e. The van der Waals surface area contributed by atoms with Crippen LogP contribution in [0.15, 0.2) is 18.3 Å². The number of aromatic nitrogens is 3. The van der Waals surface area contributed by atoms with Gasteiger partial charge in [-0.2, -0.15) is 4.98 Å². The van der Waals surface area contributed by atoms with E-state index in [1.54, 1.807) is 6.20 Å². The first-order chi connectivity index (χ1) is 8.75. The molecule has 0 bridgehead atoms. The molecule has 1 fully saturated rings. The molecule has 4 nitrogen and oxygen atoms in total. The summed E-state index contributed by atoms with van der Waals surface area (Å²) < 4.78 is 0. The molecule has 1 aliphatic carbocycles. The molecule has 0 N–H and O–H groups in total. The Hall–Kier alpha value is -1.42. The highest BCUT2D eigenvalue weighted by atomic mass is 35.5.